The lowest BCUT2D eigenvalue weighted by Gasteiger charge is -2.22. The highest BCUT2D eigenvalue weighted by atomic mass is 16.5. The van der Waals surface area contributed by atoms with Gasteiger partial charge in [0.25, 0.3) is 0 Å². The highest BCUT2D eigenvalue weighted by molar-refractivity contribution is 5.90. The van der Waals surface area contributed by atoms with E-state index in [0.29, 0.717) is 6.61 Å². The Kier molecular flexibility index (Phi) is 3.89. The van der Waals surface area contributed by atoms with Crippen molar-refractivity contribution >= 4 is 5.78 Å². The molecule has 2 rings (SSSR count). The van der Waals surface area contributed by atoms with Gasteiger partial charge < -0.3 is 4.74 Å². The number of ketones is 1. The minimum atomic E-state index is -0.650. The number of carbonyl (C=O) groups excluding carboxylic acids is 1. The van der Waals surface area contributed by atoms with E-state index in [9.17, 15) is 4.79 Å². The second-order valence-electron chi connectivity index (χ2n) is 4.29. The van der Waals surface area contributed by atoms with Crippen LogP contribution in [0.1, 0.15) is 24.3 Å². The van der Waals surface area contributed by atoms with Gasteiger partial charge in [-0.15, -0.1) is 0 Å². The molecule has 1 heterocycles. The van der Waals surface area contributed by atoms with Crippen molar-refractivity contribution in [2.24, 2.45) is 5.92 Å². The van der Waals surface area contributed by atoms with Crippen LogP contribution in [0, 0.1) is 17.2 Å². The van der Waals surface area contributed by atoms with Crippen molar-refractivity contribution in [3.8, 4) is 6.07 Å². The van der Waals surface area contributed by atoms with Crippen LogP contribution in [0.3, 0.4) is 0 Å². The predicted octanol–water partition coefficient (Wildman–Crippen LogP) is 2.29. The summed E-state index contributed by atoms with van der Waals surface area (Å²) < 4.78 is 5.30. The Morgan fingerprint density at radius 2 is 2.18 bits per heavy atom. The summed E-state index contributed by atoms with van der Waals surface area (Å²) in [5, 5.41) is 9.17. The second kappa shape index (κ2) is 5.60. The van der Waals surface area contributed by atoms with E-state index in [2.05, 4.69) is 6.07 Å². The minimum absolute atomic E-state index is 0.00148. The van der Waals surface area contributed by atoms with Gasteiger partial charge in [-0.3, -0.25) is 4.79 Å². The Morgan fingerprint density at radius 1 is 1.41 bits per heavy atom. The zero-order chi connectivity index (χ0) is 12.1. The van der Waals surface area contributed by atoms with Crippen molar-refractivity contribution in [1.29, 1.82) is 5.26 Å². The molecule has 0 spiro atoms. The maximum absolute atomic E-state index is 12.2. The number of hydrogen-bond acceptors (Lipinski definition) is 3. The molecular formula is C14H15NO2. The summed E-state index contributed by atoms with van der Waals surface area (Å²) in [5.74, 6) is -0.769. The number of carbonyl (C=O) groups is 1. The van der Waals surface area contributed by atoms with Crippen LogP contribution in [-0.4, -0.2) is 19.0 Å². The number of ether oxygens (including phenoxy) is 1. The normalized spacial score (nSPS) is 21.5. The quantitative estimate of drug-likeness (QED) is 0.799. The summed E-state index contributed by atoms with van der Waals surface area (Å²) in [6, 6.07) is 11.4. The molecule has 1 aromatic rings. The van der Waals surface area contributed by atoms with Gasteiger partial charge in [0.1, 0.15) is 5.92 Å². The zero-order valence-electron chi connectivity index (χ0n) is 9.63. The maximum Gasteiger partial charge on any atom is 0.159 e. The van der Waals surface area contributed by atoms with Crippen molar-refractivity contribution in [2.45, 2.75) is 18.8 Å². The van der Waals surface area contributed by atoms with Crippen LogP contribution in [-0.2, 0) is 9.53 Å². The van der Waals surface area contributed by atoms with Crippen LogP contribution < -0.4 is 0 Å². The van der Waals surface area contributed by atoms with Crippen molar-refractivity contribution in [3.05, 3.63) is 35.9 Å². The molecule has 0 N–H and O–H groups in total. The van der Waals surface area contributed by atoms with Gasteiger partial charge in [-0.25, -0.2) is 0 Å². The molecule has 1 fully saturated rings. The van der Waals surface area contributed by atoms with Crippen LogP contribution in [0.25, 0.3) is 0 Å². The van der Waals surface area contributed by atoms with Crippen molar-refractivity contribution in [3.63, 3.8) is 0 Å². The summed E-state index contributed by atoms with van der Waals surface area (Å²) >= 11 is 0. The van der Waals surface area contributed by atoms with Crippen LogP contribution in [0.15, 0.2) is 30.3 Å². The molecule has 2 unspecified atom stereocenters. The van der Waals surface area contributed by atoms with E-state index in [-0.39, 0.29) is 11.7 Å². The molecule has 1 aliphatic rings. The molecule has 1 aromatic carbocycles. The van der Waals surface area contributed by atoms with E-state index < -0.39 is 5.92 Å². The zero-order valence-corrected chi connectivity index (χ0v) is 9.63. The number of hydrogen-bond donors (Lipinski definition) is 0. The fourth-order valence-corrected chi connectivity index (χ4v) is 2.15. The van der Waals surface area contributed by atoms with Crippen LogP contribution in [0.4, 0.5) is 0 Å². The first kappa shape index (κ1) is 11.8. The Labute approximate surface area is 101 Å². The van der Waals surface area contributed by atoms with Gasteiger partial charge in [0.2, 0.25) is 0 Å². The summed E-state index contributed by atoms with van der Waals surface area (Å²) in [6.07, 6.45) is 1.74. The SMILES string of the molecule is N#CC(C(=O)C1CCCOC1)c1ccccc1. The van der Waals surface area contributed by atoms with Crippen molar-refractivity contribution < 1.29 is 9.53 Å². The molecule has 0 aliphatic carbocycles. The van der Waals surface area contributed by atoms with Crippen LogP contribution in [0.2, 0.25) is 0 Å². The first-order chi connectivity index (χ1) is 8.33. The summed E-state index contributed by atoms with van der Waals surface area (Å²) in [6.45, 7) is 1.19. The second-order valence-corrected chi connectivity index (χ2v) is 4.29. The standard InChI is InChI=1S/C14H15NO2/c15-9-13(11-5-2-1-3-6-11)14(16)12-7-4-8-17-10-12/h1-3,5-6,12-13H,4,7-8,10H2. The van der Waals surface area contributed by atoms with E-state index in [1.807, 2.05) is 30.3 Å². The van der Waals surface area contributed by atoms with Gasteiger partial charge in [-0.1, -0.05) is 30.3 Å². The monoisotopic (exact) mass is 229 g/mol. The molecule has 88 valence electrons. The summed E-state index contributed by atoms with van der Waals surface area (Å²) in [4.78, 5) is 12.2. The molecule has 2 atom stereocenters. The summed E-state index contributed by atoms with van der Waals surface area (Å²) in [5.41, 5.74) is 0.783. The molecule has 0 saturated carbocycles. The Bertz CT molecular complexity index is 416. The third-order valence-electron chi connectivity index (χ3n) is 3.11. The van der Waals surface area contributed by atoms with Crippen LogP contribution >= 0.6 is 0 Å². The van der Waals surface area contributed by atoms with Gasteiger partial charge in [-0.2, -0.15) is 5.26 Å². The van der Waals surface area contributed by atoms with Gasteiger partial charge >= 0.3 is 0 Å². The number of Topliss-reactive ketones (excluding diaryl/α,β-unsaturated/α-hetero) is 1. The highest BCUT2D eigenvalue weighted by Crippen LogP contribution is 2.24. The van der Waals surface area contributed by atoms with Crippen molar-refractivity contribution in [2.75, 3.05) is 13.2 Å². The number of benzene rings is 1. The van der Waals surface area contributed by atoms with E-state index >= 15 is 0 Å². The average molecular weight is 229 g/mol. The largest absolute Gasteiger partial charge is 0.381 e. The van der Waals surface area contributed by atoms with Gasteiger partial charge in [0.05, 0.1) is 12.7 Å². The fourth-order valence-electron chi connectivity index (χ4n) is 2.15. The maximum atomic E-state index is 12.2. The first-order valence-electron chi connectivity index (χ1n) is 5.89. The Hall–Kier alpha value is -1.66. The first-order valence-corrected chi connectivity index (χ1v) is 5.89. The third-order valence-corrected chi connectivity index (χ3v) is 3.11. The molecule has 0 radical (unpaired) electrons. The number of nitrogens with zero attached hydrogens (tertiary/aromatic N) is 1. The van der Waals surface area contributed by atoms with Gasteiger partial charge in [0, 0.05) is 12.5 Å². The minimum Gasteiger partial charge on any atom is -0.381 e. The molecule has 0 aromatic heterocycles. The van der Waals surface area contributed by atoms with E-state index in [0.717, 1.165) is 25.0 Å². The van der Waals surface area contributed by atoms with E-state index in [1.165, 1.54) is 0 Å². The van der Waals surface area contributed by atoms with Crippen molar-refractivity contribution in [1.82, 2.24) is 0 Å². The van der Waals surface area contributed by atoms with E-state index in [4.69, 9.17) is 10.00 Å². The lowest BCUT2D eigenvalue weighted by atomic mass is 9.86. The smallest absolute Gasteiger partial charge is 0.159 e. The van der Waals surface area contributed by atoms with E-state index in [1.54, 1.807) is 0 Å². The molecule has 17 heavy (non-hydrogen) atoms. The third kappa shape index (κ3) is 2.72. The predicted molar refractivity (Wildman–Crippen MR) is 63.3 cm³/mol. The van der Waals surface area contributed by atoms with Gasteiger partial charge in [-0.05, 0) is 18.4 Å². The molecule has 3 nitrogen and oxygen atoms in total. The summed E-state index contributed by atoms with van der Waals surface area (Å²) in [7, 11) is 0. The fraction of sp³-hybridized carbons (Fsp3) is 0.429. The van der Waals surface area contributed by atoms with Gasteiger partial charge in [0.15, 0.2) is 5.78 Å². The van der Waals surface area contributed by atoms with Crippen LogP contribution in [0.5, 0.6) is 0 Å². The number of nitriles is 1. The molecule has 3 heteroatoms. The molecule has 0 amide bonds. The average Bonchev–Trinajstić information content (AvgIpc) is 2.42. The Balaban J connectivity index is 2.13. The Morgan fingerprint density at radius 3 is 2.76 bits per heavy atom. The molecule has 0 bridgehead atoms. The number of rotatable bonds is 3. The molecule has 1 saturated heterocycles. The lowest BCUT2D eigenvalue weighted by Crippen LogP contribution is -2.29. The molecule has 1 aliphatic heterocycles. The molecular weight excluding hydrogens is 214 g/mol. The lowest BCUT2D eigenvalue weighted by molar-refractivity contribution is -0.127. The topological polar surface area (TPSA) is 50.1 Å². The highest BCUT2D eigenvalue weighted by Gasteiger charge is 2.29.